The molecule has 1 aliphatic rings. The Hall–Kier alpha value is -0.690. The second kappa shape index (κ2) is 1.64. The Morgan fingerprint density at radius 1 is 1.67 bits per heavy atom. The largest absolute Gasteiger partial charge is 0.302 e. The van der Waals surface area contributed by atoms with Gasteiger partial charge in [-0.3, -0.25) is 27.3 Å². The SMILES string of the molecule is NC1OC(N)(N)NC1=O. The van der Waals surface area contributed by atoms with Crippen molar-refractivity contribution in [2.75, 3.05) is 0 Å². The Balaban J connectivity index is 2.65. The smallest absolute Gasteiger partial charge is 0.268 e. The molecule has 1 unspecified atom stereocenters. The van der Waals surface area contributed by atoms with Crippen LogP contribution in [0.4, 0.5) is 0 Å². The van der Waals surface area contributed by atoms with Crippen molar-refractivity contribution in [3.63, 3.8) is 0 Å². The highest BCUT2D eigenvalue weighted by Gasteiger charge is 2.37. The number of hydrogen-bond donors (Lipinski definition) is 4. The first-order valence-electron chi connectivity index (χ1n) is 2.34. The van der Waals surface area contributed by atoms with E-state index < -0.39 is 18.1 Å². The number of nitrogens with two attached hydrogens (primary N) is 3. The monoisotopic (exact) mass is 132 g/mol. The molecule has 1 fully saturated rings. The van der Waals surface area contributed by atoms with Gasteiger partial charge in [0, 0.05) is 0 Å². The van der Waals surface area contributed by atoms with E-state index in [2.05, 4.69) is 10.1 Å². The third kappa shape index (κ3) is 1.16. The number of carbonyl (C=O) groups is 1. The van der Waals surface area contributed by atoms with Gasteiger partial charge in [0.25, 0.3) is 11.9 Å². The van der Waals surface area contributed by atoms with Crippen LogP contribution in [0.5, 0.6) is 0 Å². The zero-order valence-corrected chi connectivity index (χ0v) is 4.63. The van der Waals surface area contributed by atoms with E-state index in [-0.39, 0.29) is 0 Å². The molecule has 1 aliphatic heterocycles. The topological polar surface area (TPSA) is 116 Å². The van der Waals surface area contributed by atoms with E-state index in [4.69, 9.17) is 17.2 Å². The lowest BCUT2D eigenvalue weighted by Crippen LogP contribution is -2.59. The molecular formula is C3H8N4O2. The molecule has 0 aromatic rings. The van der Waals surface area contributed by atoms with E-state index in [0.29, 0.717) is 0 Å². The van der Waals surface area contributed by atoms with Crippen LogP contribution in [0.15, 0.2) is 0 Å². The second-order valence-electron chi connectivity index (χ2n) is 1.82. The summed E-state index contributed by atoms with van der Waals surface area (Å²) in [5.74, 6) is -2.09. The lowest BCUT2D eigenvalue weighted by Gasteiger charge is -2.14. The molecule has 1 saturated heterocycles. The third-order valence-corrected chi connectivity index (χ3v) is 0.899. The van der Waals surface area contributed by atoms with Gasteiger partial charge < -0.3 is 4.74 Å². The van der Waals surface area contributed by atoms with Gasteiger partial charge in [-0.15, -0.1) is 0 Å². The summed E-state index contributed by atoms with van der Waals surface area (Å²) in [5.41, 5.74) is 15.3. The summed E-state index contributed by atoms with van der Waals surface area (Å²) in [5, 5.41) is 2.11. The fourth-order valence-electron chi connectivity index (χ4n) is 0.557. The van der Waals surface area contributed by atoms with Crippen LogP contribution in [-0.2, 0) is 9.53 Å². The highest BCUT2D eigenvalue weighted by atomic mass is 16.6. The Morgan fingerprint density at radius 2 is 2.22 bits per heavy atom. The van der Waals surface area contributed by atoms with Crippen LogP contribution < -0.4 is 22.5 Å². The predicted octanol–water partition coefficient (Wildman–Crippen LogP) is -3.05. The fourth-order valence-corrected chi connectivity index (χ4v) is 0.557. The van der Waals surface area contributed by atoms with Crippen LogP contribution in [0.1, 0.15) is 0 Å². The molecule has 9 heavy (non-hydrogen) atoms. The van der Waals surface area contributed by atoms with Gasteiger partial charge in [0.05, 0.1) is 0 Å². The van der Waals surface area contributed by atoms with E-state index in [1.807, 2.05) is 0 Å². The molecule has 0 aromatic heterocycles. The Bertz CT molecular complexity index is 145. The molecule has 0 aliphatic carbocycles. The van der Waals surface area contributed by atoms with Gasteiger partial charge in [-0.1, -0.05) is 0 Å². The van der Waals surface area contributed by atoms with Gasteiger partial charge >= 0.3 is 0 Å². The van der Waals surface area contributed by atoms with Gasteiger partial charge in [0.1, 0.15) is 0 Å². The third-order valence-electron chi connectivity index (χ3n) is 0.899. The van der Waals surface area contributed by atoms with Gasteiger partial charge in [-0.05, 0) is 0 Å². The lowest BCUT2D eigenvalue weighted by atomic mass is 10.6. The number of carbonyl (C=O) groups excluding carboxylic acids is 1. The molecule has 0 aromatic carbocycles. The first-order valence-corrected chi connectivity index (χ1v) is 2.34. The molecule has 0 saturated carbocycles. The van der Waals surface area contributed by atoms with E-state index in [1.54, 1.807) is 0 Å². The molecule has 0 bridgehead atoms. The van der Waals surface area contributed by atoms with Crippen molar-refractivity contribution in [2.24, 2.45) is 17.2 Å². The van der Waals surface area contributed by atoms with Crippen molar-refractivity contribution in [2.45, 2.75) is 12.2 Å². The molecule has 1 atom stereocenters. The Labute approximate surface area is 51.3 Å². The summed E-state index contributed by atoms with van der Waals surface area (Å²) < 4.78 is 4.53. The maximum atomic E-state index is 10.5. The Morgan fingerprint density at radius 3 is 2.33 bits per heavy atom. The molecule has 0 spiro atoms. The predicted molar refractivity (Wildman–Crippen MR) is 28.3 cm³/mol. The molecule has 6 heteroatoms. The molecular weight excluding hydrogens is 124 g/mol. The normalized spacial score (nSPS) is 32.3. The van der Waals surface area contributed by atoms with Crippen molar-refractivity contribution in [3.05, 3.63) is 0 Å². The number of ether oxygens (including phenoxy) is 1. The minimum absolute atomic E-state index is 0.500. The zero-order valence-electron chi connectivity index (χ0n) is 4.63. The summed E-state index contributed by atoms with van der Waals surface area (Å²) in [6, 6.07) is 0. The van der Waals surface area contributed by atoms with Gasteiger partial charge in [-0.25, -0.2) is 0 Å². The van der Waals surface area contributed by atoms with Crippen LogP contribution in [-0.4, -0.2) is 18.1 Å². The first kappa shape index (κ1) is 6.43. The highest BCUT2D eigenvalue weighted by Crippen LogP contribution is 2.01. The van der Waals surface area contributed by atoms with Gasteiger partial charge in [0.15, 0.2) is 6.23 Å². The Kier molecular flexibility index (Phi) is 1.17. The van der Waals surface area contributed by atoms with E-state index in [1.165, 1.54) is 0 Å². The second-order valence-corrected chi connectivity index (χ2v) is 1.82. The molecule has 1 amide bonds. The van der Waals surface area contributed by atoms with E-state index in [0.717, 1.165) is 0 Å². The summed E-state index contributed by atoms with van der Waals surface area (Å²) in [6.07, 6.45) is -1.04. The first-order chi connectivity index (χ1) is 4.01. The van der Waals surface area contributed by atoms with Crippen LogP contribution in [0.3, 0.4) is 0 Å². The van der Waals surface area contributed by atoms with Gasteiger partial charge in [-0.2, -0.15) is 0 Å². The fraction of sp³-hybridized carbons (Fsp3) is 0.667. The van der Waals surface area contributed by atoms with E-state index >= 15 is 0 Å². The minimum Gasteiger partial charge on any atom is -0.302 e. The van der Waals surface area contributed by atoms with Crippen molar-refractivity contribution >= 4 is 5.91 Å². The number of rotatable bonds is 0. The van der Waals surface area contributed by atoms with Crippen LogP contribution in [0, 0.1) is 0 Å². The number of hydrogen-bond acceptors (Lipinski definition) is 5. The van der Waals surface area contributed by atoms with Gasteiger partial charge in [0.2, 0.25) is 0 Å². The van der Waals surface area contributed by atoms with E-state index in [9.17, 15) is 4.79 Å². The van der Waals surface area contributed by atoms with Crippen LogP contribution in [0.2, 0.25) is 0 Å². The van der Waals surface area contributed by atoms with Crippen molar-refractivity contribution in [3.8, 4) is 0 Å². The average molecular weight is 132 g/mol. The number of nitrogens with one attached hydrogen (secondary N) is 1. The molecule has 6 nitrogen and oxygen atoms in total. The van der Waals surface area contributed by atoms with Crippen molar-refractivity contribution in [1.29, 1.82) is 0 Å². The molecule has 1 rings (SSSR count). The summed E-state index contributed by atoms with van der Waals surface area (Å²) in [4.78, 5) is 10.5. The maximum absolute atomic E-state index is 10.5. The minimum atomic E-state index is -1.59. The maximum Gasteiger partial charge on any atom is 0.268 e. The van der Waals surface area contributed by atoms with Crippen molar-refractivity contribution < 1.29 is 9.53 Å². The summed E-state index contributed by atoms with van der Waals surface area (Å²) in [6.45, 7) is 0. The van der Waals surface area contributed by atoms with Crippen molar-refractivity contribution in [1.82, 2.24) is 5.32 Å². The summed E-state index contributed by atoms with van der Waals surface area (Å²) >= 11 is 0. The molecule has 1 heterocycles. The standard InChI is InChI=1S/C3H8N4O2/c4-1-2(8)7-3(5,6)9-1/h1H,4-6H2,(H,7,8). The molecule has 52 valence electrons. The zero-order chi connectivity index (χ0) is 7.07. The quantitative estimate of drug-likeness (QED) is 0.261. The summed E-state index contributed by atoms with van der Waals surface area (Å²) in [7, 11) is 0. The highest BCUT2D eigenvalue weighted by molar-refractivity contribution is 5.82. The van der Waals surface area contributed by atoms with Crippen LogP contribution >= 0.6 is 0 Å². The average Bonchev–Trinajstić information content (AvgIpc) is 1.79. The lowest BCUT2D eigenvalue weighted by molar-refractivity contribution is -0.123. The molecule has 0 radical (unpaired) electrons. The van der Waals surface area contributed by atoms with Crippen LogP contribution in [0.25, 0.3) is 0 Å². The number of amides is 1. The molecule has 7 N–H and O–H groups in total.